The molecule has 4 N–H and O–H groups in total. The molecule has 196 valence electrons. The van der Waals surface area contributed by atoms with Crippen molar-refractivity contribution in [2.24, 2.45) is 0 Å². The van der Waals surface area contributed by atoms with Gasteiger partial charge in [0.15, 0.2) is 17.5 Å². The molecule has 0 bridgehead atoms. The number of carbonyl (C=O) groups excluding carboxylic acids is 1. The van der Waals surface area contributed by atoms with Crippen molar-refractivity contribution in [2.75, 3.05) is 23.6 Å². The number of anilines is 3. The Morgan fingerprint density at radius 2 is 1.73 bits per heavy atom. The lowest BCUT2D eigenvalue weighted by Gasteiger charge is -2.17. The third-order valence-corrected chi connectivity index (χ3v) is 6.79. The normalized spacial score (nSPS) is 11.2. The van der Waals surface area contributed by atoms with Gasteiger partial charge in [-0.1, -0.05) is 18.2 Å². The van der Waals surface area contributed by atoms with Gasteiger partial charge in [-0.3, -0.25) is 9.52 Å². The number of rotatable bonds is 10. The highest BCUT2D eigenvalue weighted by Crippen LogP contribution is 2.32. The molecule has 0 radical (unpaired) electrons. The highest BCUT2D eigenvalue weighted by atomic mass is 127. The fraction of sp³-hybridized carbons (Fsp3) is 0.125. The van der Waals surface area contributed by atoms with E-state index in [9.17, 15) is 17.6 Å². The van der Waals surface area contributed by atoms with Gasteiger partial charge in [0.25, 0.3) is 16.1 Å². The van der Waals surface area contributed by atoms with E-state index in [1.54, 1.807) is 0 Å². The molecule has 0 fully saturated rings. The van der Waals surface area contributed by atoms with Crippen LogP contribution in [-0.2, 0) is 16.6 Å². The number of hydrogen-bond acceptors (Lipinski definition) is 4. The van der Waals surface area contributed by atoms with E-state index in [1.807, 2.05) is 32.0 Å². The van der Waals surface area contributed by atoms with Crippen LogP contribution in [0.5, 0.6) is 0 Å². The van der Waals surface area contributed by atoms with E-state index in [0.717, 1.165) is 19.2 Å². The van der Waals surface area contributed by atoms with Gasteiger partial charge in [0.2, 0.25) is 0 Å². The fourth-order valence-electron chi connectivity index (χ4n) is 3.29. The van der Waals surface area contributed by atoms with E-state index in [1.165, 1.54) is 36.4 Å². The summed E-state index contributed by atoms with van der Waals surface area (Å²) in [5.74, 6) is -5.46. The van der Waals surface area contributed by atoms with Crippen molar-refractivity contribution in [3.8, 4) is 0 Å². The number of amides is 1. The second-order valence-electron chi connectivity index (χ2n) is 7.60. The maximum atomic E-state index is 15.3. The van der Waals surface area contributed by atoms with Crippen LogP contribution in [0.4, 0.5) is 34.6 Å². The highest BCUT2D eigenvalue weighted by Gasteiger charge is 2.24. The first-order valence-corrected chi connectivity index (χ1v) is 13.1. The van der Waals surface area contributed by atoms with Gasteiger partial charge < -0.3 is 10.6 Å². The largest absolute Gasteiger partial charge is 0.350 e. The van der Waals surface area contributed by atoms with Gasteiger partial charge in [-0.25, -0.2) is 22.3 Å². The van der Waals surface area contributed by atoms with Crippen molar-refractivity contribution in [1.29, 1.82) is 0 Å². The van der Waals surface area contributed by atoms with Crippen molar-refractivity contribution >= 4 is 55.8 Å². The lowest BCUT2D eigenvalue weighted by molar-refractivity contribution is 0.0958. The number of hydrogen-bond donors (Lipinski definition) is 4. The minimum Gasteiger partial charge on any atom is -0.350 e. The van der Waals surface area contributed by atoms with Crippen molar-refractivity contribution in [3.05, 3.63) is 98.6 Å². The van der Waals surface area contributed by atoms with E-state index in [4.69, 9.17) is 0 Å². The molecule has 0 saturated carbocycles. The molecule has 1 amide bonds. The standard InChI is InChI=1S/C24H21F4IN4O3S/c1-3-9-31-24(34)16-11-14(10-13-5-4-6-19(20(13)26)33-37(35,36)30-2)21(27)22(28)23(16)32-18-8-7-15(29)12-17(18)25/h3-8,11-12,30,32-33H,1,9-10H2,2H3,(H,31,34). The van der Waals surface area contributed by atoms with Crippen LogP contribution in [0.2, 0.25) is 0 Å². The Labute approximate surface area is 224 Å². The molecule has 0 aromatic heterocycles. The van der Waals surface area contributed by atoms with Crippen molar-refractivity contribution < 1.29 is 30.8 Å². The SMILES string of the molecule is C=CCNC(=O)c1cc(Cc2cccc(NS(=O)(=O)NC)c2F)c(F)c(F)c1Nc1ccc(I)cc1F. The summed E-state index contributed by atoms with van der Waals surface area (Å²) in [5, 5.41) is 4.89. The summed E-state index contributed by atoms with van der Waals surface area (Å²) in [5.41, 5.74) is -2.14. The molecule has 37 heavy (non-hydrogen) atoms. The lowest BCUT2D eigenvalue weighted by atomic mass is 9.99. The number of benzene rings is 3. The minimum absolute atomic E-state index is 0.00672. The lowest BCUT2D eigenvalue weighted by Crippen LogP contribution is -2.27. The topological polar surface area (TPSA) is 99.3 Å². The summed E-state index contributed by atoms with van der Waals surface area (Å²) in [6.07, 6.45) is 0.849. The third-order valence-electron chi connectivity index (χ3n) is 5.10. The molecule has 3 aromatic carbocycles. The Bertz CT molecular complexity index is 1470. The average molecular weight is 648 g/mol. The molecule has 3 rings (SSSR count). The fourth-order valence-corrected chi connectivity index (χ4v) is 4.29. The summed E-state index contributed by atoms with van der Waals surface area (Å²) in [7, 11) is -2.92. The molecular formula is C24H21F4IN4O3S. The van der Waals surface area contributed by atoms with Crippen molar-refractivity contribution in [1.82, 2.24) is 10.0 Å². The smallest absolute Gasteiger partial charge is 0.298 e. The number of nitrogens with one attached hydrogen (secondary N) is 4. The van der Waals surface area contributed by atoms with Gasteiger partial charge in [0.1, 0.15) is 5.82 Å². The average Bonchev–Trinajstić information content (AvgIpc) is 2.85. The Morgan fingerprint density at radius 3 is 2.38 bits per heavy atom. The monoisotopic (exact) mass is 648 g/mol. The molecule has 0 heterocycles. The second kappa shape index (κ2) is 11.9. The quantitative estimate of drug-likeness (QED) is 0.142. The molecule has 3 aromatic rings. The Kier molecular flexibility index (Phi) is 9.15. The molecule has 7 nitrogen and oxygen atoms in total. The summed E-state index contributed by atoms with van der Waals surface area (Å²) >= 11 is 1.88. The van der Waals surface area contributed by atoms with Crippen LogP contribution in [0.15, 0.2) is 55.1 Å². The Hall–Kier alpha value is -3.17. The molecule has 0 aliphatic carbocycles. The van der Waals surface area contributed by atoms with Crippen molar-refractivity contribution in [3.63, 3.8) is 0 Å². The van der Waals surface area contributed by atoms with Crippen LogP contribution in [-0.4, -0.2) is 27.9 Å². The third kappa shape index (κ3) is 6.78. The molecule has 0 spiro atoms. The number of carbonyl (C=O) groups is 1. The van der Waals surface area contributed by atoms with E-state index in [-0.39, 0.29) is 28.9 Å². The predicted molar refractivity (Wildman–Crippen MR) is 142 cm³/mol. The first-order valence-electron chi connectivity index (χ1n) is 10.6. The van der Waals surface area contributed by atoms with Gasteiger partial charge in [0, 0.05) is 23.6 Å². The van der Waals surface area contributed by atoms with Crippen LogP contribution in [0.1, 0.15) is 21.5 Å². The zero-order valence-corrected chi connectivity index (χ0v) is 22.2. The molecule has 0 aliphatic rings. The maximum absolute atomic E-state index is 15.3. The van der Waals surface area contributed by atoms with Gasteiger partial charge in [0.05, 0.1) is 22.6 Å². The van der Waals surface area contributed by atoms with E-state index >= 15 is 13.2 Å². The van der Waals surface area contributed by atoms with Crippen LogP contribution in [0.25, 0.3) is 0 Å². The molecule has 0 saturated heterocycles. The Morgan fingerprint density at radius 1 is 1.00 bits per heavy atom. The van der Waals surface area contributed by atoms with Gasteiger partial charge in [-0.2, -0.15) is 8.42 Å². The van der Waals surface area contributed by atoms with E-state index < -0.39 is 57.2 Å². The summed E-state index contributed by atoms with van der Waals surface area (Å²) in [6.45, 7) is 3.49. The van der Waals surface area contributed by atoms with Crippen LogP contribution >= 0.6 is 22.6 Å². The summed E-state index contributed by atoms with van der Waals surface area (Å²) in [6, 6.07) is 8.77. The maximum Gasteiger partial charge on any atom is 0.298 e. The first-order chi connectivity index (χ1) is 17.5. The predicted octanol–water partition coefficient (Wildman–Crippen LogP) is 4.97. The zero-order chi connectivity index (χ0) is 27.3. The first kappa shape index (κ1) is 28.4. The highest BCUT2D eigenvalue weighted by molar-refractivity contribution is 14.1. The van der Waals surface area contributed by atoms with E-state index in [2.05, 4.69) is 17.2 Å². The van der Waals surface area contributed by atoms with Crippen LogP contribution in [0, 0.1) is 26.8 Å². The molecule has 0 aliphatic heterocycles. The van der Waals surface area contributed by atoms with Crippen LogP contribution in [0.3, 0.4) is 0 Å². The number of halogens is 5. The molecule has 0 atom stereocenters. The summed E-state index contributed by atoms with van der Waals surface area (Å²) in [4.78, 5) is 12.8. The molecule has 13 heteroatoms. The summed E-state index contributed by atoms with van der Waals surface area (Å²) < 4.78 is 87.9. The van der Waals surface area contributed by atoms with Gasteiger partial charge in [-0.05, 0) is 64.0 Å². The molecule has 0 unspecified atom stereocenters. The zero-order valence-electron chi connectivity index (χ0n) is 19.3. The van der Waals surface area contributed by atoms with Crippen molar-refractivity contribution in [2.45, 2.75) is 6.42 Å². The van der Waals surface area contributed by atoms with Gasteiger partial charge in [-0.15, -0.1) is 6.58 Å². The molecular weight excluding hydrogens is 627 g/mol. The minimum atomic E-state index is -4.04. The Balaban J connectivity index is 2.09. The van der Waals surface area contributed by atoms with E-state index in [0.29, 0.717) is 3.57 Å². The van der Waals surface area contributed by atoms with Crippen LogP contribution < -0.4 is 20.1 Å². The van der Waals surface area contributed by atoms with Gasteiger partial charge >= 0.3 is 0 Å². The second-order valence-corrected chi connectivity index (χ2v) is 10.5.